The number of hydrogen-bond donors (Lipinski definition) is 1. The minimum absolute atomic E-state index is 0.0790. The van der Waals surface area contributed by atoms with Gasteiger partial charge in [-0.15, -0.1) is 0 Å². The number of aryl methyl sites for hydroxylation is 1. The molecule has 1 unspecified atom stereocenters. The summed E-state index contributed by atoms with van der Waals surface area (Å²) in [6.45, 7) is 0. The first kappa shape index (κ1) is 13.3. The molecular formula is C13H15F4N. The maximum absolute atomic E-state index is 13.3. The van der Waals surface area contributed by atoms with Crippen LogP contribution in [0.4, 0.5) is 17.6 Å². The Morgan fingerprint density at radius 3 is 2.44 bits per heavy atom. The molecule has 1 aliphatic carbocycles. The highest BCUT2D eigenvalue weighted by Gasteiger charge is 2.34. The van der Waals surface area contributed by atoms with Gasteiger partial charge in [-0.05, 0) is 49.3 Å². The number of benzene rings is 1. The molecule has 0 aromatic heterocycles. The summed E-state index contributed by atoms with van der Waals surface area (Å²) in [6, 6.07) is 3.16. The average molecular weight is 261 g/mol. The molecule has 100 valence electrons. The number of nitrogens with two attached hydrogens (primary N) is 1. The van der Waals surface area contributed by atoms with E-state index < -0.39 is 17.6 Å². The molecule has 0 aliphatic heterocycles. The Kier molecular flexibility index (Phi) is 3.61. The Hall–Kier alpha value is -1.10. The molecule has 0 saturated heterocycles. The van der Waals surface area contributed by atoms with Crippen molar-refractivity contribution in [2.45, 2.75) is 37.9 Å². The van der Waals surface area contributed by atoms with Crippen molar-refractivity contribution in [3.05, 3.63) is 35.1 Å². The summed E-state index contributed by atoms with van der Waals surface area (Å²) in [5.74, 6) is -0.663. The molecule has 0 bridgehead atoms. The van der Waals surface area contributed by atoms with Gasteiger partial charge in [0.25, 0.3) is 0 Å². The number of rotatable bonds is 4. The van der Waals surface area contributed by atoms with Crippen molar-refractivity contribution in [2.24, 2.45) is 11.7 Å². The molecule has 0 radical (unpaired) electrons. The largest absolute Gasteiger partial charge is 0.419 e. The van der Waals surface area contributed by atoms with Gasteiger partial charge < -0.3 is 5.73 Å². The first-order valence-electron chi connectivity index (χ1n) is 5.99. The molecule has 0 spiro atoms. The van der Waals surface area contributed by atoms with Crippen LogP contribution in [0.1, 0.15) is 30.4 Å². The van der Waals surface area contributed by atoms with Crippen LogP contribution in [0.25, 0.3) is 0 Å². The third-order valence-corrected chi connectivity index (χ3v) is 3.33. The Labute approximate surface area is 103 Å². The van der Waals surface area contributed by atoms with Crippen molar-refractivity contribution >= 4 is 0 Å². The molecule has 2 N–H and O–H groups in total. The van der Waals surface area contributed by atoms with Crippen LogP contribution >= 0.6 is 0 Å². The summed E-state index contributed by atoms with van der Waals surface area (Å²) in [7, 11) is 0. The van der Waals surface area contributed by atoms with E-state index in [9.17, 15) is 17.6 Å². The van der Waals surface area contributed by atoms with Crippen LogP contribution in [0.5, 0.6) is 0 Å². The second-order valence-corrected chi connectivity index (χ2v) is 4.85. The van der Waals surface area contributed by atoms with Crippen LogP contribution in [-0.2, 0) is 12.6 Å². The van der Waals surface area contributed by atoms with Crippen LogP contribution in [0.3, 0.4) is 0 Å². The summed E-state index contributed by atoms with van der Waals surface area (Å²) < 4.78 is 50.3. The van der Waals surface area contributed by atoms with Gasteiger partial charge in [0.2, 0.25) is 0 Å². The highest BCUT2D eigenvalue weighted by Crippen LogP contribution is 2.34. The van der Waals surface area contributed by atoms with Crippen LogP contribution < -0.4 is 5.73 Å². The molecule has 0 heterocycles. The van der Waals surface area contributed by atoms with E-state index in [0.29, 0.717) is 24.3 Å². The summed E-state index contributed by atoms with van der Waals surface area (Å²) in [5.41, 5.74) is 5.25. The van der Waals surface area contributed by atoms with E-state index in [-0.39, 0.29) is 6.04 Å². The average Bonchev–Trinajstić information content (AvgIpc) is 3.07. The fraction of sp³-hybridized carbons (Fsp3) is 0.538. The zero-order chi connectivity index (χ0) is 13.3. The minimum Gasteiger partial charge on any atom is -0.327 e. The Bertz CT molecular complexity index is 423. The lowest BCUT2D eigenvalue weighted by atomic mass is 10.0. The van der Waals surface area contributed by atoms with E-state index >= 15 is 0 Å². The van der Waals surface area contributed by atoms with Crippen LogP contribution in [0, 0.1) is 11.7 Å². The lowest BCUT2D eigenvalue weighted by molar-refractivity contribution is -0.140. The second-order valence-electron chi connectivity index (χ2n) is 4.85. The van der Waals surface area contributed by atoms with Crippen molar-refractivity contribution in [1.29, 1.82) is 0 Å². The topological polar surface area (TPSA) is 26.0 Å². The molecule has 1 nitrogen and oxygen atoms in total. The highest BCUT2D eigenvalue weighted by molar-refractivity contribution is 5.26. The minimum atomic E-state index is -4.63. The molecule has 5 heteroatoms. The second kappa shape index (κ2) is 4.88. The highest BCUT2D eigenvalue weighted by atomic mass is 19.4. The first-order chi connectivity index (χ1) is 8.38. The monoisotopic (exact) mass is 261 g/mol. The smallest absolute Gasteiger partial charge is 0.327 e. The van der Waals surface area contributed by atoms with E-state index in [4.69, 9.17) is 5.73 Å². The number of halogens is 4. The van der Waals surface area contributed by atoms with E-state index in [1.165, 1.54) is 6.07 Å². The maximum Gasteiger partial charge on any atom is 0.419 e. The Morgan fingerprint density at radius 2 is 1.94 bits per heavy atom. The molecule has 2 rings (SSSR count). The molecule has 1 atom stereocenters. The lowest BCUT2D eigenvalue weighted by Crippen LogP contribution is -2.22. The standard InChI is InChI=1S/C13H15F4N/c14-11-7-8(1-5-10(11)13(15,16)17)2-6-12(18)9-3-4-9/h1,5,7,9,12H,2-4,6,18H2. The van der Waals surface area contributed by atoms with Crippen molar-refractivity contribution in [1.82, 2.24) is 0 Å². The van der Waals surface area contributed by atoms with Gasteiger partial charge >= 0.3 is 6.18 Å². The Balaban J connectivity index is 2.00. The van der Waals surface area contributed by atoms with Gasteiger partial charge in [-0.3, -0.25) is 0 Å². The molecule has 1 aromatic rings. The van der Waals surface area contributed by atoms with Crippen LogP contribution in [0.15, 0.2) is 18.2 Å². The predicted molar refractivity (Wildman–Crippen MR) is 60.4 cm³/mol. The molecule has 1 saturated carbocycles. The summed E-state index contributed by atoms with van der Waals surface area (Å²) in [4.78, 5) is 0. The Morgan fingerprint density at radius 1 is 1.28 bits per heavy atom. The first-order valence-corrected chi connectivity index (χ1v) is 5.99. The third-order valence-electron chi connectivity index (χ3n) is 3.33. The molecule has 1 aromatic carbocycles. The van der Waals surface area contributed by atoms with E-state index in [1.54, 1.807) is 0 Å². The molecule has 1 aliphatic rings. The van der Waals surface area contributed by atoms with Crippen LogP contribution in [0.2, 0.25) is 0 Å². The van der Waals surface area contributed by atoms with Crippen molar-refractivity contribution in [3.63, 3.8) is 0 Å². The SMILES string of the molecule is NC(CCc1ccc(C(F)(F)F)c(F)c1)C1CC1. The predicted octanol–water partition coefficient (Wildman–Crippen LogP) is 3.51. The van der Waals surface area contributed by atoms with Crippen LogP contribution in [-0.4, -0.2) is 6.04 Å². The maximum atomic E-state index is 13.3. The van der Waals surface area contributed by atoms with Crippen molar-refractivity contribution in [3.8, 4) is 0 Å². The normalized spacial score (nSPS) is 17.8. The van der Waals surface area contributed by atoms with Gasteiger partial charge in [-0.25, -0.2) is 4.39 Å². The van der Waals surface area contributed by atoms with Gasteiger partial charge in [0.15, 0.2) is 0 Å². The molecular weight excluding hydrogens is 246 g/mol. The zero-order valence-corrected chi connectivity index (χ0v) is 9.80. The zero-order valence-electron chi connectivity index (χ0n) is 9.80. The van der Waals surface area contributed by atoms with E-state index in [1.807, 2.05) is 0 Å². The van der Waals surface area contributed by atoms with Gasteiger partial charge in [0.1, 0.15) is 5.82 Å². The number of alkyl halides is 3. The van der Waals surface area contributed by atoms with Crippen molar-refractivity contribution in [2.75, 3.05) is 0 Å². The van der Waals surface area contributed by atoms with E-state index in [2.05, 4.69) is 0 Å². The summed E-state index contributed by atoms with van der Waals surface area (Å²) in [6.07, 6.45) is -1.17. The molecule has 18 heavy (non-hydrogen) atoms. The van der Waals surface area contributed by atoms with Gasteiger partial charge in [0, 0.05) is 6.04 Å². The fourth-order valence-electron chi connectivity index (χ4n) is 2.04. The van der Waals surface area contributed by atoms with Gasteiger partial charge in [0.05, 0.1) is 5.56 Å². The van der Waals surface area contributed by atoms with Gasteiger partial charge in [-0.1, -0.05) is 6.07 Å². The third kappa shape index (κ3) is 3.22. The fourth-order valence-corrected chi connectivity index (χ4v) is 2.04. The quantitative estimate of drug-likeness (QED) is 0.825. The molecule has 1 fully saturated rings. The lowest BCUT2D eigenvalue weighted by Gasteiger charge is -2.12. The summed E-state index contributed by atoms with van der Waals surface area (Å²) in [5, 5.41) is 0. The van der Waals surface area contributed by atoms with E-state index in [0.717, 1.165) is 25.0 Å². The van der Waals surface area contributed by atoms with Gasteiger partial charge in [-0.2, -0.15) is 13.2 Å². The number of hydrogen-bond acceptors (Lipinski definition) is 1. The van der Waals surface area contributed by atoms with Crippen molar-refractivity contribution < 1.29 is 17.6 Å². The summed E-state index contributed by atoms with van der Waals surface area (Å²) >= 11 is 0. The molecule has 0 amide bonds.